The average Bonchev–Trinajstić information content (AvgIpc) is 3.32. The molecule has 2 aromatic rings. The second kappa shape index (κ2) is 10.5. The number of hydrogen-bond donors (Lipinski definition) is 0. The zero-order valence-corrected chi connectivity index (χ0v) is 20.9. The molecule has 0 aliphatic heterocycles. The van der Waals surface area contributed by atoms with E-state index in [2.05, 4.69) is 0 Å². The summed E-state index contributed by atoms with van der Waals surface area (Å²) in [7, 11) is 0. The maximum absolute atomic E-state index is 12.3. The summed E-state index contributed by atoms with van der Waals surface area (Å²) in [4.78, 5) is 9.61. The minimum atomic E-state index is -0.274. The van der Waals surface area contributed by atoms with E-state index in [4.69, 9.17) is 56.4 Å². The quantitative estimate of drug-likeness (QED) is 0.338. The smallest absolute Gasteiger partial charge is 0.871 e. The van der Waals surface area contributed by atoms with Crippen LogP contribution in [0.25, 0.3) is 0 Å². The van der Waals surface area contributed by atoms with Crippen LogP contribution in [0.3, 0.4) is 0 Å². The van der Waals surface area contributed by atoms with Crippen LogP contribution in [0.4, 0.5) is 0 Å². The van der Waals surface area contributed by atoms with Gasteiger partial charge >= 0.3 is 16.5 Å². The van der Waals surface area contributed by atoms with Crippen molar-refractivity contribution in [1.29, 1.82) is 0 Å². The molecule has 2 fully saturated rings. The van der Waals surface area contributed by atoms with Gasteiger partial charge < -0.3 is 10.2 Å². The van der Waals surface area contributed by atoms with Crippen LogP contribution >= 0.6 is 46.4 Å². The predicted molar refractivity (Wildman–Crippen MR) is 125 cm³/mol. The zero-order valence-electron chi connectivity index (χ0n) is 16.9. The molecule has 4 rings (SSSR count). The molecule has 2 saturated carbocycles. The van der Waals surface area contributed by atoms with Gasteiger partial charge in [-0.15, -0.1) is 0 Å². The van der Waals surface area contributed by atoms with Crippen LogP contribution in [0.1, 0.15) is 49.7 Å². The van der Waals surface area contributed by atoms with Gasteiger partial charge in [0.05, 0.1) is 12.1 Å². The molecule has 0 aromatic heterocycles. The molecule has 9 heteroatoms. The molecule has 2 aliphatic carbocycles. The van der Waals surface area contributed by atoms with Gasteiger partial charge in [-0.25, -0.2) is 0 Å². The van der Waals surface area contributed by atoms with Gasteiger partial charge in [-0.1, -0.05) is 70.7 Å². The fourth-order valence-electron chi connectivity index (χ4n) is 4.98. The zero-order chi connectivity index (χ0) is 22.2. The summed E-state index contributed by atoms with van der Waals surface area (Å²) in [5.74, 6) is -0.549. The summed E-state index contributed by atoms with van der Waals surface area (Å²) < 4.78 is 0. The number of rotatable bonds is 4. The van der Waals surface area contributed by atoms with Gasteiger partial charge in [-0.2, -0.15) is 0 Å². The Labute approximate surface area is 217 Å². The van der Waals surface area contributed by atoms with Crippen molar-refractivity contribution in [3.8, 4) is 11.5 Å². The monoisotopic (exact) mass is 554 g/mol. The molecule has 1 spiro atoms. The Kier molecular flexibility index (Phi) is 8.44. The van der Waals surface area contributed by atoms with Crippen molar-refractivity contribution in [2.75, 3.05) is 0 Å². The summed E-state index contributed by atoms with van der Waals surface area (Å²) in [6, 6.07) is 6.14. The Hall–Kier alpha value is -0.966. The Balaban J connectivity index is 0.00000289. The summed E-state index contributed by atoms with van der Waals surface area (Å²) in [5, 5.41) is 25.6. The number of hydrogen-bond acceptors (Lipinski definition) is 4. The number of benzene rings is 2. The first kappa shape index (κ1) is 25.7. The van der Waals surface area contributed by atoms with Crippen molar-refractivity contribution in [3.63, 3.8) is 0 Å². The minimum absolute atomic E-state index is 0. The van der Waals surface area contributed by atoms with Crippen molar-refractivity contribution in [3.05, 3.63) is 55.5 Å². The van der Waals surface area contributed by atoms with Gasteiger partial charge in [0.15, 0.2) is 0 Å². The van der Waals surface area contributed by atoms with E-state index in [0.717, 1.165) is 38.5 Å². The van der Waals surface area contributed by atoms with Gasteiger partial charge in [0, 0.05) is 37.9 Å². The number of aliphatic imine (C=N–C) groups is 2. The Morgan fingerprint density at radius 2 is 1.16 bits per heavy atom. The van der Waals surface area contributed by atoms with Crippen LogP contribution in [-0.4, -0.2) is 24.5 Å². The van der Waals surface area contributed by atoms with Crippen molar-refractivity contribution in [2.24, 2.45) is 15.4 Å². The van der Waals surface area contributed by atoms with E-state index < -0.39 is 0 Å². The van der Waals surface area contributed by atoms with Crippen LogP contribution in [0.2, 0.25) is 20.1 Å². The summed E-state index contributed by atoms with van der Waals surface area (Å²) >= 11 is 24.0. The largest absolute Gasteiger partial charge is 2.00 e. The molecule has 0 saturated heterocycles. The summed E-state index contributed by atoms with van der Waals surface area (Å²) in [5.41, 5.74) is 0.702. The molecule has 4 nitrogen and oxygen atoms in total. The molecule has 0 N–H and O–H groups in total. The predicted octanol–water partition coefficient (Wildman–Crippen LogP) is 6.07. The van der Waals surface area contributed by atoms with E-state index >= 15 is 0 Å². The Morgan fingerprint density at radius 1 is 0.750 bits per heavy atom. The molecule has 0 amide bonds. The summed E-state index contributed by atoms with van der Waals surface area (Å²) in [6.45, 7) is 0. The third-order valence-corrected chi connectivity index (χ3v) is 7.43. The molecular formula is C23H20Cl4N2NiO2. The molecule has 0 heterocycles. The van der Waals surface area contributed by atoms with Gasteiger partial charge in [0.1, 0.15) is 0 Å². The Bertz CT molecular complexity index is 977. The molecule has 1 unspecified atom stereocenters. The number of halogens is 4. The molecule has 0 bridgehead atoms. The van der Waals surface area contributed by atoms with Gasteiger partial charge in [-0.3, -0.25) is 9.98 Å². The van der Waals surface area contributed by atoms with E-state index in [1.54, 1.807) is 24.6 Å². The van der Waals surface area contributed by atoms with E-state index in [1.807, 2.05) is 0 Å². The molecule has 2 aliphatic rings. The standard InChI is InChI=1S/C23H22Cl4N2O2.Ni/c24-15-7-13(21(30)17(26)9-15)11-28-19-3-1-5-23(19)6-2-4-20(23)29-12-14-8-16(25)10-18(27)22(14)31;/h7-12,19-20,30-31H,1-6H2;/q;+2/p-2/t19-,20+,23?;. The number of nitrogens with zero attached hydrogens (tertiary/aromatic N) is 2. The first-order valence-corrected chi connectivity index (χ1v) is 11.7. The Morgan fingerprint density at radius 3 is 1.56 bits per heavy atom. The van der Waals surface area contributed by atoms with Gasteiger partial charge in [-0.05, 0) is 61.1 Å². The molecule has 3 atom stereocenters. The molecule has 32 heavy (non-hydrogen) atoms. The van der Waals surface area contributed by atoms with Gasteiger partial charge in [0.2, 0.25) is 0 Å². The summed E-state index contributed by atoms with van der Waals surface area (Å²) in [6.07, 6.45) is 9.18. The maximum atomic E-state index is 12.3. The average molecular weight is 557 g/mol. The van der Waals surface area contributed by atoms with Crippen molar-refractivity contribution in [2.45, 2.75) is 50.6 Å². The second-order valence-corrected chi connectivity index (χ2v) is 9.90. The first-order chi connectivity index (χ1) is 14.8. The van der Waals surface area contributed by atoms with Crippen molar-refractivity contribution < 1.29 is 26.7 Å². The molecule has 2 aromatic carbocycles. The van der Waals surface area contributed by atoms with E-state index in [1.165, 1.54) is 12.1 Å². The minimum Gasteiger partial charge on any atom is -0.871 e. The third-order valence-electron chi connectivity index (χ3n) is 6.43. The molecule has 0 radical (unpaired) electrons. The van der Waals surface area contributed by atoms with E-state index in [0.29, 0.717) is 21.2 Å². The van der Waals surface area contributed by atoms with Crippen LogP contribution in [0.5, 0.6) is 11.5 Å². The van der Waals surface area contributed by atoms with Gasteiger partial charge in [0.25, 0.3) is 0 Å². The fraction of sp³-hybridized carbons (Fsp3) is 0.391. The first-order valence-electron chi connectivity index (χ1n) is 10.2. The van der Waals surface area contributed by atoms with Crippen molar-refractivity contribution in [1.82, 2.24) is 0 Å². The van der Waals surface area contributed by atoms with Crippen LogP contribution in [-0.2, 0) is 16.5 Å². The van der Waals surface area contributed by atoms with E-state index in [-0.39, 0.29) is 55.5 Å². The molecule has 172 valence electrons. The maximum Gasteiger partial charge on any atom is 2.00 e. The molecular weight excluding hydrogens is 537 g/mol. The topological polar surface area (TPSA) is 70.8 Å². The second-order valence-electron chi connectivity index (χ2n) is 8.22. The van der Waals surface area contributed by atoms with Crippen LogP contribution < -0.4 is 10.2 Å². The third kappa shape index (κ3) is 5.08. The van der Waals surface area contributed by atoms with Crippen LogP contribution in [0.15, 0.2) is 34.3 Å². The van der Waals surface area contributed by atoms with Crippen LogP contribution in [0, 0.1) is 5.41 Å². The van der Waals surface area contributed by atoms with E-state index in [9.17, 15) is 10.2 Å². The fourth-order valence-corrected chi connectivity index (χ4v) is 5.99. The van der Waals surface area contributed by atoms with Crippen molar-refractivity contribution >= 4 is 58.8 Å². The normalized spacial score (nSPS) is 25.2. The SMILES string of the molecule is [Ni+2].[O-]c1c(Cl)cc(Cl)cc1C=N[C@H]1CCCC12CCC[C@H]2N=Cc1cc(Cl)cc(Cl)c1[O-].